The van der Waals surface area contributed by atoms with Crippen molar-refractivity contribution < 1.29 is 73.5 Å². The average Bonchev–Trinajstić information content (AvgIpc) is 3.09. The summed E-state index contributed by atoms with van der Waals surface area (Å²) in [6, 6.07) is 0. The fourth-order valence-electron chi connectivity index (χ4n) is 13.4. The van der Waals surface area contributed by atoms with Crippen LogP contribution in [-0.4, -0.2) is 110 Å². The van der Waals surface area contributed by atoms with E-state index in [0.29, 0.717) is 25.2 Å². The molecule has 0 aromatic heterocycles. The molecule has 0 aromatic rings. The number of hydrogen-bond donors (Lipinski definition) is 6. The highest BCUT2D eigenvalue weighted by atomic mass is 16.8. The summed E-state index contributed by atoms with van der Waals surface area (Å²) in [7, 11) is 0. The Bertz CT molecular complexity index is 1670. The second-order valence-electron chi connectivity index (χ2n) is 20.1. The van der Waals surface area contributed by atoms with Gasteiger partial charge in [0.2, 0.25) is 6.29 Å². The first-order chi connectivity index (χ1) is 25.9. The van der Waals surface area contributed by atoms with Crippen molar-refractivity contribution in [3.8, 4) is 0 Å². The smallest absolute Gasteiger partial charge is 0.369 e. The van der Waals surface area contributed by atoms with Crippen LogP contribution in [0.1, 0.15) is 113 Å². The number of ether oxygens (including phenoxy) is 5. The first kappa shape index (κ1) is 41.5. The van der Waals surface area contributed by atoms with Gasteiger partial charge in [0.1, 0.15) is 24.9 Å². The lowest BCUT2D eigenvalue weighted by molar-refractivity contribution is -0.435. The molecule has 7 aliphatic rings. The van der Waals surface area contributed by atoms with Crippen molar-refractivity contribution in [2.45, 2.75) is 162 Å². The molecule has 5 aliphatic carbocycles. The van der Waals surface area contributed by atoms with E-state index in [2.05, 4.69) is 54.5 Å². The number of fused-ring (bicyclic) bond motifs is 8. The van der Waals surface area contributed by atoms with Gasteiger partial charge in [-0.05, 0) is 109 Å². The molecule has 2 aliphatic heterocycles. The summed E-state index contributed by atoms with van der Waals surface area (Å²) in [5.41, 5.74) is -0.115. The van der Waals surface area contributed by atoms with Crippen LogP contribution in [0.4, 0.5) is 0 Å². The average molecular weight is 793 g/mol. The Labute approximate surface area is 327 Å². The van der Waals surface area contributed by atoms with Crippen molar-refractivity contribution in [1.82, 2.24) is 0 Å². The van der Waals surface area contributed by atoms with Crippen molar-refractivity contribution in [1.29, 1.82) is 0 Å². The van der Waals surface area contributed by atoms with Crippen LogP contribution < -0.4 is 0 Å². The third-order valence-corrected chi connectivity index (χ3v) is 16.6. The summed E-state index contributed by atoms with van der Waals surface area (Å²) in [5.74, 6) is -8.57. The van der Waals surface area contributed by atoms with Gasteiger partial charge in [0.05, 0.1) is 11.5 Å². The Morgan fingerprint density at radius 3 is 2.12 bits per heavy atom. The summed E-state index contributed by atoms with van der Waals surface area (Å²) in [6.07, 6.45) is -0.914. The van der Waals surface area contributed by atoms with Crippen molar-refractivity contribution in [2.24, 2.45) is 50.2 Å². The van der Waals surface area contributed by atoms with Gasteiger partial charge in [-0.3, -0.25) is 4.79 Å². The van der Waals surface area contributed by atoms with Gasteiger partial charge in [-0.1, -0.05) is 60.1 Å². The Kier molecular flexibility index (Phi) is 9.95. The second kappa shape index (κ2) is 13.4. The molecule has 0 bridgehead atoms. The van der Waals surface area contributed by atoms with Gasteiger partial charge >= 0.3 is 29.7 Å². The van der Waals surface area contributed by atoms with E-state index in [4.69, 9.17) is 28.8 Å². The summed E-state index contributed by atoms with van der Waals surface area (Å²) in [5, 5.41) is 62.0. The van der Waals surface area contributed by atoms with E-state index in [0.717, 1.165) is 44.9 Å². The highest BCUT2D eigenvalue weighted by Crippen LogP contribution is 2.76. The van der Waals surface area contributed by atoms with Crippen molar-refractivity contribution in [3.05, 3.63) is 11.6 Å². The van der Waals surface area contributed by atoms with E-state index in [1.807, 2.05) is 0 Å². The molecule has 7 rings (SSSR count). The van der Waals surface area contributed by atoms with Crippen molar-refractivity contribution >= 4 is 23.9 Å². The Hall–Kier alpha value is -2.66. The molecular weight excluding hydrogens is 732 g/mol. The highest BCUT2D eigenvalue weighted by molar-refractivity contribution is 5.78. The van der Waals surface area contributed by atoms with Gasteiger partial charge < -0.3 is 54.3 Å². The molecule has 15 unspecified atom stereocenters. The lowest BCUT2D eigenvalue weighted by atomic mass is 9.33. The molecule has 56 heavy (non-hydrogen) atoms. The molecule has 0 aromatic carbocycles. The lowest BCUT2D eigenvalue weighted by Gasteiger charge is -2.71. The zero-order valence-electron chi connectivity index (χ0n) is 33.5. The van der Waals surface area contributed by atoms with Gasteiger partial charge in [0.15, 0.2) is 12.4 Å². The topological polar surface area (TPSA) is 236 Å². The zero-order chi connectivity index (χ0) is 41.2. The van der Waals surface area contributed by atoms with E-state index < -0.39 is 90.2 Å². The number of carboxylic acid groups (broad SMARTS) is 4. The normalized spacial score (nSPS) is 49.1. The molecule has 2 saturated heterocycles. The van der Waals surface area contributed by atoms with Gasteiger partial charge in [-0.25, -0.2) is 14.4 Å². The van der Waals surface area contributed by atoms with Crippen LogP contribution in [0.5, 0.6) is 0 Å². The molecule has 6 N–H and O–H groups in total. The van der Waals surface area contributed by atoms with E-state index in [1.54, 1.807) is 0 Å². The molecule has 0 radical (unpaired) electrons. The maximum Gasteiger partial charge on any atom is 0.369 e. The predicted molar refractivity (Wildman–Crippen MR) is 194 cm³/mol. The summed E-state index contributed by atoms with van der Waals surface area (Å²) < 4.78 is 28.3. The largest absolute Gasteiger partial charge is 0.481 e. The lowest BCUT2D eigenvalue weighted by Crippen LogP contribution is -2.72. The summed E-state index contributed by atoms with van der Waals surface area (Å²) in [4.78, 5) is 48.8. The van der Waals surface area contributed by atoms with Gasteiger partial charge in [0, 0.05) is 0 Å². The Morgan fingerprint density at radius 2 is 1.50 bits per heavy atom. The summed E-state index contributed by atoms with van der Waals surface area (Å²) >= 11 is 0. The Balaban J connectivity index is 1.14. The number of hydrogen-bond acceptors (Lipinski definition) is 11. The quantitative estimate of drug-likeness (QED) is 0.148. The fourth-order valence-corrected chi connectivity index (χ4v) is 13.4. The molecule has 15 atom stereocenters. The predicted octanol–water partition coefficient (Wildman–Crippen LogP) is 4.41. The molecule has 15 heteroatoms. The number of allylic oxidation sites excluding steroid dienone is 2. The van der Waals surface area contributed by atoms with Gasteiger partial charge in [-0.15, -0.1) is 0 Å². The number of aliphatic carboxylic acids is 4. The number of rotatable bonds is 8. The first-order valence-electron chi connectivity index (χ1n) is 20.2. The number of carbonyl (C=O) groups is 4. The monoisotopic (exact) mass is 792 g/mol. The number of carboxylic acids is 4. The molecule has 314 valence electrons. The van der Waals surface area contributed by atoms with Crippen LogP contribution in [0.3, 0.4) is 0 Å². The highest BCUT2D eigenvalue weighted by Gasteiger charge is 2.70. The van der Waals surface area contributed by atoms with E-state index >= 15 is 0 Å². The van der Waals surface area contributed by atoms with Crippen LogP contribution in [-0.2, 0) is 42.9 Å². The van der Waals surface area contributed by atoms with E-state index in [-0.39, 0.29) is 33.5 Å². The zero-order valence-corrected chi connectivity index (χ0v) is 33.5. The first-order valence-corrected chi connectivity index (χ1v) is 20.2. The van der Waals surface area contributed by atoms with Gasteiger partial charge in [-0.2, -0.15) is 0 Å². The second-order valence-corrected chi connectivity index (χ2v) is 20.1. The van der Waals surface area contributed by atoms with E-state index in [9.17, 15) is 44.7 Å². The SMILES string of the molecule is CC1(C)CCC2(C(=O)O)CCC3(C)C(=CCC4C5(C)CCC(OC6OC(C(=O)O)C7OC(O)(C(=O)O)C(OCC(=O)O)OC7C6O)C(C)(C)C5CCC43C)C2C1. The maximum absolute atomic E-state index is 13.0. The van der Waals surface area contributed by atoms with Crippen LogP contribution in [0.15, 0.2) is 11.6 Å². The molecule has 0 spiro atoms. The summed E-state index contributed by atoms with van der Waals surface area (Å²) in [6.45, 7) is 15.0. The minimum atomic E-state index is -3.30. The molecule has 15 nitrogen and oxygen atoms in total. The van der Waals surface area contributed by atoms with Crippen LogP contribution >= 0.6 is 0 Å². The van der Waals surface area contributed by atoms with E-state index in [1.165, 1.54) is 5.57 Å². The molecular formula is C41H60O15. The van der Waals surface area contributed by atoms with Crippen molar-refractivity contribution in [2.75, 3.05) is 6.61 Å². The van der Waals surface area contributed by atoms with Gasteiger partial charge in [0.25, 0.3) is 0 Å². The maximum atomic E-state index is 13.0. The molecule has 2 heterocycles. The minimum absolute atomic E-state index is 0.0120. The Morgan fingerprint density at radius 1 is 0.821 bits per heavy atom. The molecule has 4 saturated carbocycles. The van der Waals surface area contributed by atoms with Crippen LogP contribution in [0, 0.1) is 50.2 Å². The fraction of sp³-hybridized carbons (Fsp3) is 0.854. The third kappa shape index (κ3) is 5.91. The van der Waals surface area contributed by atoms with Crippen LogP contribution in [0.25, 0.3) is 0 Å². The standard InChI is InChI=1S/C41H60O15/c1-35(2)14-16-40(32(47)48)17-15-38(6)20(21(40)18-35)8-9-23-37(5)12-11-24(36(3,4)22(37)10-13-39(23,38)7)53-31-26(44)27-28(29(54-31)30(45)46)56-41(51,33(49)50)34(55-27)52-19-25(42)43/h8,21-24,26-29,31,34,44,51H,9-19H2,1-7H3,(H,42,43)(H,45,46)(H,47,48)(H,49,50). The number of aliphatic hydroxyl groups is 2. The van der Waals surface area contributed by atoms with Crippen molar-refractivity contribution in [3.63, 3.8) is 0 Å². The minimum Gasteiger partial charge on any atom is -0.481 e. The molecule has 0 amide bonds. The number of aliphatic hydroxyl groups excluding tert-OH is 1. The third-order valence-electron chi connectivity index (χ3n) is 16.6. The molecule has 6 fully saturated rings. The van der Waals surface area contributed by atoms with Crippen LogP contribution in [0.2, 0.25) is 0 Å².